The molecule has 1 aliphatic rings. The van der Waals surface area contributed by atoms with Gasteiger partial charge in [-0.15, -0.1) is 0 Å². The number of esters is 1. The molecule has 27 heavy (non-hydrogen) atoms. The summed E-state index contributed by atoms with van der Waals surface area (Å²) in [6.07, 6.45) is 1.71. The number of nitrogens with zero attached hydrogens (tertiary/aromatic N) is 2. The van der Waals surface area contributed by atoms with Gasteiger partial charge in [0.25, 0.3) is 5.56 Å². The van der Waals surface area contributed by atoms with Gasteiger partial charge in [-0.2, -0.15) is 0 Å². The Bertz CT molecular complexity index is 1050. The van der Waals surface area contributed by atoms with Gasteiger partial charge >= 0.3 is 5.97 Å². The van der Waals surface area contributed by atoms with E-state index < -0.39 is 5.97 Å². The summed E-state index contributed by atoms with van der Waals surface area (Å²) in [5.41, 5.74) is 2.04. The zero-order valence-corrected chi connectivity index (χ0v) is 15.1. The third kappa shape index (κ3) is 3.56. The number of hydrogen-bond acceptors (Lipinski definition) is 5. The second-order valence-corrected chi connectivity index (χ2v) is 6.62. The first-order valence-electron chi connectivity index (χ1n) is 9.02. The molecule has 0 saturated carbocycles. The van der Waals surface area contributed by atoms with E-state index in [1.807, 2.05) is 31.2 Å². The molecule has 0 fully saturated rings. The minimum atomic E-state index is -0.452. The maximum Gasteiger partial charge on any atom is 0.338 e. The average molecular weight is 364 g/mol. The van der Waals surface area contributed by atoms with Crippen molar-refractivity contribution in [2.45, 2.75) is 26.3 Å². The Morgan fingerprint density at radius 2 is 1.96 bits per heavy atom. The van der Waals surface area contributed by atoms with E-state index in [9.17, 15) is 9.59 Å². The van der Waals surface area contributed by atoms with Crippen molar-refractivity contribution in [2.24, 2.45) is 0 Å². The van der Waals surface area contributed by atoms with Crippen molar-refractivity contribution < 1.29 is 14.3 Å². The van der Waals surface area contributed by atoms with Crippen LogP contribution in [-0.4, -0.2) is 28.7 Å². The van der Waals surface area contributed by atoms with E-state index >= 15 is 0 Å². The van der Waals surface area contributed by atoms with E-state index in [2.05, 4.69) is 4.98 Å². The molecule has 2 heterocycles. The summed E-state index contributed by atoms with van der Waals surface area (Å²) in [6, 6.07) is 12.6. The van der Waals surface area contributed by atoms with Gasteiger partial charge in [-0.1, -0.05) is 17.7 Å². The highest BCUT2D eigenvalue weighted by atomic mass is 16.6. The van der Waals surface area contributed by atoms with Gasteiger partial charge in [0.05, 0.1) is 16.5 Å². The zero-order chi connectivity index (χ0) is 18.8. The molecule has 138 valence electrons. The molecule has 0 unspecified atom stereocenters. The number of fused-ring (bicyclic) bond motifs is 2. The van der Waals surface area contributed by atoms with Crippen molar-refractivity contribution in [3.63, 3.8) is 0 Å². The van der Waals surface area contributed by atoms with Gasteiger partial charge < -0.3 is 9.47 Å². The Balaban J connectivity index is 1.41. The van der Waals surface area contributed by atoms with Crippen molar-refractivity contribution >= 4 is 16.9 Å². The highest BCUT2D eigenvalue weighted by Gasteiger charge is 2.17. The minimum absolute atomic E-state index is 0.0427. The summed E-state index contributed by atoms with van der Waals surface area (Å²) in [5.74, 6) is 1.07. The summed E-state index contributed by atoms with van der Waals surface area (Å²) >= 11 is 0. The minimum Gasteiger partial charge on any atom is -0.490 e. The summed E-state index contributed by atoms with van der Waals surface area (Å²) < 4.78 is 12.5. The van der Waals surface area contributed by atoms with Crippen molar-refractivity contribution in [1.29, 1.82) is 0 Å². The highest BCUT2D eigenvalue weighted by molar-refractivity contribution is 5.94. The van der Waals surface area contributed by atoms with Crippen LogP contribution >= 0.6 is 0 Å². The standard InChI is InChI=1S/C21H20N2O4/c1-14-4-7-16(8-5-14)26-11-12-27-21(25)15-6-9-17-18(13-15)22-19-3-2-10-23(19)20(17)24/h4-9,13H,2-3,10-12H2,1H3. The lowest BCUT2D eigenvalue weighted by Gasteiger charge is -2.09. The van der Waals surface area contributed by atoms with E-state index in [-0.39, 0.29) is 18.8 Å². The quantitative estimate of drug-likeness (QED) is 0.514. The monoisotopic (exact) mass is 364 g/mol. The number of carbonyl (C=O) groups excluding carboxylic acids is 1. The van der Waals surface area contributed by atoms with E-state index in [1.165, 1.54) is 0 Å². The van der Waals surface area contributed by atoms with Crippen LogP contribution in [0.1, 0.15) is 28.2 Å². The van der Waals surface area contributed by atoms with Crippen LogP contribution in [0.2, 0.25) is 0 Å². The maximum absolute atomic E-state index is 12.5. The first kappa shape index (κ1) is 17.3. The molecule has 0 saturated heterocycles. The van der Waals surface area contributed by atoms with Crippen LogP contribution in [0.25, 0.3) is 10.9 Å². The molecule has 1 aromatic heterocycles. The normalized spacial score (nSPS) is 12.8. The first-order chi connectivity index (χ1) is 13.1. The van der Waals surface area contributed by atoms with Gasteiger partial charge in [-0.25, -0.2) is 9.78 Å². The fraction of sp³-hybridized carbons (Fsp3) is 0.286. The molecule has 0 amide bonds. The van der Waals surface area contributed by atoms with Gasteiger partial charge in [0, 0.05) is 13.0 Å². The van der Waals surface area contributed by atoms with Crippen molar-refractivity contribution in [2.75, 3.05) is 13.2 Å². The van der Waals surface area contributed by atoms with E-state index in [0.29, 0.717) is 23.0 Å². The highest BCUT2D eigenvalue weighted by Crippen LogP contribution is 2.17. The van der Waals surface area contributed by atoms with Gasteiger partial charge in [0.1, 0.15) is 24.8 Å². The first-order valence-corrected chi connectivity index (χ1v) is 9.02. The molecule has 0 bridgehead atoms. The van der Waals surface area contributed by atoms with E-state index in [0.717, 1.165) is 30.0 Å². The Morgan fingerprint density at radius 3 is 2.78 bits per heavy atom. The van der Waals surface area contributed by atoms with Crippen molar-refractivity contribution in [3.8, 4) is 5.75 Å². The Kier molecular flexibility index (Phi) is 4.62. The molecule has 0 atom stereocenters. The number of aromatic nitrogens is 2. The lowest BCUT2D eigenvalue weighted by molar-refractivity contribution is 0.0450. The molecular weight excluding hydrogens is 344 g/mol. The van der Waals surface area contributed by atoms with Crippen LogP contribution in [0.3, 0.4) is 0 Å². The molecule has 0 radical (unpaired) electrons. The second-order valence-electron chi connectivity index (χ2n) is 6.62. The molecule has 3 aromatic rings. The third-order valence-corrected chi connectivity index (χ3v) is 4.66. The summed E-state index contributed by atoms with van der Waals surface area (Å²) in [7, 11) is 0. The van der Waals surface area contributed by atoms with Crippen LogP contribution in [0.4, 0.5) is 0 Å². The van der Waals surface area contributed by atoms with Crippen LogP contribution in [0.15, 0.2) is 47.3 Å². The van der Waals surface area contributed by atoms with Crippen LogP contribution in [0.5, 0.6) is 5.75 Å². The molecule has 0 aliphatic carbocycles. The second kappa shape index (κ2) is 7.23. The summed E-state index contributed by atoms with van der Waals surface area (Å²) in [4.78, 5) is 29.3. The molecule has 4 rings (SSSR count). The Morgan fingerprint density at radius 1 is 1.15 bits per heavy atom. The molecular formula is C21H20N2O4. The predicted octanol–water partition coefficient (Wildman–Crippen LogP) is 2.89. The SMILES string of the molecule is Cc1ccc(OCCOC(=O)c2ccc3c(=O)n4c(nc3c2)CCC4)cc1. The number of rotatable bonds is 5. The molecule has 0 N–H and O–H groups in total. The Labute approximate surface area is 156 Å². The number of benzene rings is 2. The topological polar surface area (TPSA) is 70.4 Å². The largest absolute Gasteiger partial charge is 0.490 e. The van der Waals surface area contributed by atoms with Gasteiger partial charge in [0.2, 0.25) is 0 Å². The summed E-state index contributed by atoms with van der Waals surface area (Å²) in [6.45, 7) is 3.13. The van der Waals surface area contributed by atoms with Crippen LogP contribution in [-0.2, 0) is 17.7 Å². The smallest absolute Gasteiger partial charge is 0.338 e. The van der Waals surface area contributed by atoms with Crippen molar-refractivity contribution in [1.82, 2.24) is 9.55 Å². The number of ether oxygens (including phenoxy) is 2. The lowest BCUT2D eigenvalue weighted by Crippen LogP contribution is -2.21. The van der Waals surface area contributed by atoms with Crippen LogP contribution in [0, 0.1) is 6.92 Å². The van der Waals surface area contributed by atoms with Crippen LogP contribution < -0.4 is 10.3 Å². The summed E-state index contributed by atoms with van der Waals surface area (Å²) in [5, 5.41) is 0.528. The third-order valence-electron chi connectivity index (χ3n) is 4.66. The molecule has 2 aromatic carbocycles. The average Bonchev–Trinajstić information content (AvgIpc) is 3.15. The van der Waals surface area contributed by atoms with E-state index in [4.69, 9.17) is 9.47 Å². The lowest BCUT2D eigenvalue weighted by atomic mass is 10.1. The predicted molar refractivity (Wildman–Crippen MR) is 101 cm³/mol. The zero-order valence-electron chi connectivity index (χ0n) is 15.1. The molecule has 6 nitrogen and oxygen atoms in total. The fourth-order valence-electron chi connectivity index (χ4n) is 3.22. The fourth-order valence-corrected chi connectivity index (χ4v) is 3.22. The van der Waals surface area contributed by atoms with Gasteiger partial charge in [-0.3, -0.25) is 9.36 Å². The Hall–Kier alpha value is -3.15. The number of hydrogen-bond donors (Lipinski definition) is 0. The van der Waals surface area contributed by atoms with Crippen molar-refractivity contribution in [3.05, 3.63) is 69.8 Å². The molecule has 0 spiro atoms. The van der Waals surface area contributed by atoms with Gasteiger partial charge in [-0.05, 0) is 43.7 Å². The number of carbonyl (C=O) groups is 1. The van der Waals surface area contributed by atoms with Gasteiger partial charge in [0.15, 0.2) is 0 Å². The molecule has 1 aliphatic heterocycles. The number of aryl methyl sites for hydroxylation is 2. The maximum atomic E-state index is 12.5. The molecule has 6 heteroatoms. The van der Waals surface area contributed by atoms with E-state index in [1.54, 1.807) is 22.8 Å².